The number of benzene rings is 1. The van der Waals surface area contributed by atoms with E-state index in [0.29, 0.717) is 51.6 Å². The van der Waals surface area contributed by atoms with Crippen LogP contribution >= 0.6 is 11.6 Å². The molecule has 1 fully saturated rings. The molecule has 1 saturated carbocycles. The standard InChI is InChI=1S/C23H22ClN7O3/c1-3-30-11-16(13(2)28-30)23(33)25-18-10-15(6-7-17(18)24)34-21-9-8-20-26-19(12-31(20)29-21)27-22(32)14-4-5-14/h6-12,14H,3-5H2,1-2H3,(H,25,33)(H,27,32). The number of amides is 2. The fraction of sp³-hybridized carbons (Fsp3) is 0.261. The zero-order valence-electron chi connectivity index (χ0n) is 18.6. The molecular weight excluding hydrogens is 458 g/mol. The summed E-state index contributed by atoms with van der Waals surface area (Å²) < 4.78 is 9.11. The summed E-state index contributed by atoms with van der Waals surface area (Å²) in [5.41, 5.74) is 2.08. The largest absolute Gasteiger partial charge is 0.438 e. The summed E-state index contributed by atoms with van der Waals surface area (Å²) in [4.78, 5) is 29.1. The van der Waals surface area contributed by atoms with Crippen LogP contribution < -0.4 is 15.4 Å². The van der Waals surface area contributed by atoms with Crippen LogP contribution in [0.4, 0.5) is 11.5 Å². The van der Waals surface area contributed by atoms with Crippen LogP contribution in [-0.2, 0) is 11.3 Å². The van der Waals surface area contributed by atoms with E-state index in [0.717, 1.165) is 12.8 Å². The van der Waals surface area contributed by atoms with E-state index in [1.807, 2.05) is 6.92 Å². The highest BCUT2D eigenvalue weighted by molar-refractivity contribution is 6.34. The molecule has 0 saturated heterocycles. The van der Waals surface area contributed by atoms with Crippen molar-refractivity contribution >= 4 is 40.6 Å². The minimum absolute atomic E-state index is 0.0205. The minimum Gasteiger partial charge on any atom is -0.438 e. The maximum absolute atomic E-state index is 12.7. The molecule has 0 unspecified atom stereocenters. The van der Waals surface area contributed by atoms with E-state index in [1.165, 1.54) is 4.52 Å². The van der Waals surface area contributed by atoms with Gasteiger partial charge in [0, 0.05) is 30.8 Å². The Morgan fingerprint density at radius 1 is 1.15 bits per heavy atom. The van der Waals surface area contributed by atoms with Crippen molar-refractivity contribution in [1.82, 2.24) is 24.4 Å². The average molecular weight is 480 g/mol. The first-order valence-corrected chi connectivity index (χ1v) is 11.3. The van der Waals surface area contributed by atoms with E-state index in [4.69, 9.17) is 16.3 Å². The van der Waals surface area contributed by atoms with Crippen LogP contribution in [0, 0.1) is 12.8 Å². The second-order valence-corrected chi connectivity index (χ2v) is 8.45. The van der Waals surface area contributed by atoms with Crippen molar-refractivity contribution in [3.8, 4) is 11.6 Å². The van der Waals surface area contributed by atoms with Crippen LogP contribution in [0.1, 0.15) is 35.8 Å². The molecule has 0 aliphatic heterocycles. The lowest BCUT2D eigenvalue weighted by molar-refractivity contribution is -0.117. The number of hydrogen-bond acceptors (Lipinski definition) is 6. The Kier molecular flexibility index (Phi) is 5.66. The average Bonchev–Trinajstić information content (AvgIpc) is 3.49. The molecule has 0 spiro atoms. The molecule has 4 aromatic rings. The number of nitrogens with one attached hydrogen (secondary N) is 2. The SMILES string of the molecule is CCn1cc(C(=O)Nc2cc(Oc3ccc4nc(NC(=O)C5CC5)cn4n3)ccc2Cl)c(C)n1. The van der Waals surface area contributed by atoms with Gasteiger partial charge in [0.1, 0.15) is 5.75 Å². The summed E-state index contributed by atoms with van der Waals surface area (Å²) in [6.45, 7) is 4.40. The smallest absolute Gasteiger partial charge is 0.259 e. The molecule has 0 atom stereocenters. The second kappa shape index (κ2) is 8.79. The maximum atomic E-state index is 12.7. The van der Waals surface area contributed by atoms with Gasteiger partial charge in [0.25, 0.3) is 5.91 Å². The van der Waals surface area contributed by atoms with E-state index in [2.05, 4.69) is 25.8 Å². The van der Waals surface area contributed by atoms with Gasteiger partial charge in [-0.2, -0.15) is 5.10 Å². The summed E-state index contributed by atoms with van der Waals surface area (Å²) >= 11 is 6.30. The first-order valence-electron chi connectivity index (χ1n) is 10.9. The number of aromatic nitrogens is 5. The number of carbonyl (C=O) groups is 2. The fourth-order valence-corrected chi connectivity index (χ4v) is 3.59. The first kappa shape index (κ1) is 21.9. The van der Waals surface area contributed by atoms with Crippen molar-refractivity contribution in [3.63, 3.8) is 0 Å². The normalized spacial score (nSPS) is 13.1. The number of aryl methyl sites for hydroxylation is 2. The topological polar surface area (TPSA) is 115 Å². The van der Waals surface area contributed by atoms with Gasteiger partial charge < -0.3 is 15.4 Å². The van der Waals surface area contributed by atoms with Crippen molar-refractivity contribution < 1.29 is 14.3 Å². The third kappa shape index (κ3) is 4.58. The number of carbonyl (C=O) groups excluding carboxylic acids is 2. The highest BCUT2D eigenvalue weighted by Crippen LogP contribution is 2.31. The molecule has 0 bridgehead atoms. The number of fused-ring (bicyclic) bond motifs is 1. The zero-order valence-corrected chi connectivity index (χ0v) is 19.3. The van der Waals surface area contributed by atoms with E-state index in [9.17, 15) is 9.59 Å². The molecule has 34 heavy (non-hydrogen) atoms. The summed E-state index contributed by atoms with van der Waals surface area (Å²) in [6, 6.07) is 8.35. The number of nitrogens with zero attached hydrogens (tertiary/aromatic N) is 5. The Morgan fingerprint density at radius 2 is 1.97 bits per heavy atom. The van der Waals surface area contributed by atoms with E-state index >= 15 is 0 Å². The highest BCUT2D eigenvalue weighted by Gasteiger charge is 2.30. The minimum atomic E-state index is -0.310. The fourth-order valence-electron chi connectivity index (χ4n) is 3.43. The van der Waals surface area contributed by atoms with Crippen LogP contribution in [0.15, 0.2) is 42.7 Å². The van der Waals surface area contributed by atoms with Crippen LogP contribution in [0.3, 0.4) is 0 Å². The third-order valence-electron chi connectivity index (χ3n) is 5.42. The van der Waals surface area contributed by atoms with Gasteiger partial charge in [0.15, 0.2) is 11.5 Å². The maximum Gasteiger partial charge on any atom is 0.259 e. The van der Waals surface area contributed by atoms with Crippen molar-refractivity contribution in [2.75, 3.05) is 10.6 Å². The lowest BCUT2D eigenvalue weighted by atomic mass is 10.2. The number of halogens is 1. The zero-order chi connectivity index (χ0) is 23.8. The summed E-state index contributed by atoms with van der Waals surface area (Å²) in [6.07, 6.45) is 5.17. The number of ether oxygens (including phenoxy) is 1. The molecule has 10 nitrogen and oxygen atoms in total. The monoisotopic (exact) mass is 479 g/mol. The molecule has 2 amide bonds. The highest BCUT2D eigenvalue weighted by atomic mass is 35.5. The molecule has 1 aromatic carbocycles. The van der Waals surface area contributed by atoms with Gasteiger partial charge in [-0.25, -0.2) is 9.50 Å². The summed E-state index contributed by atoms with van der Waals surface area (Å²) in [5.74, 6) is 0.949. The number of hydrogen-bond donors (Lipinski definition) is 2. The van der Waals surface area contributed by atoms with E-state index < -0.39 is 0 Å². The molecular formula is C23H22ClN7O3. The number of anilines is 2. The van der Waals surface area contributed by atoms with Gasteiger partial charge in [0.05, 0.1) is 28.2 Å². The Balaban J connectivity index is 1.32. The Labute approximate surface area is 199 Å². The summed E-state index contributed by atoms with van der Waals surface area (Å²) in [5, 5.41) is 14.7. The van der Waals surface area contributed by atoms with Gasteiger partial charge in [-0.1, -0.05) is 11.6 Å². The number of imidazole rings is 1. The quantitative estimate of drug-likeness (QED) is 0.408. The third-order valence-corrected chi connectivity index (χ3v) is 5.75. The van der Waals surface area contributed by atoms with Crippen LogP contribution in [-0.4, -0.2) is 36.2 Å². The van der Waals surface area contributed by atoms with Gasteiger partial charge in [-0.3, -0.25) is 14.3 Å². The molecule has 0 radical (unpaired) electrons. The van der Waals surface area contributed by atoms with E-state index in [1.54, 1.807) is 54.3 Å². The molecule has 2 N–H and O–H groups in total. The van der Waals surface area contributed by atoms with Crippen molar-refractivity contribution in [1.29, 1.82) is 0 Å². The molecule has 1 aliphatic rings. The van der Waals surface area contributed by atoms with Gasteiger partial charge in [0.2, 0.25) is 11.8 Å². The Morgan fingerprint density at radius 3 is 2.71 bits per heavy atom. The molecule has 5 rings (SSSR count). The predicted molar refractivity (Wildman–Crippen MR) is 126 cm³/mol. The molecule has 174 valence electrons. The molecule has 1 aliphatic carbocycles. The molecule has 11 heteroatoms. The van der Waals surface area contributed by atoms with Gasteiger partial charge in [-0.05, 0) is 44.9 Å². The lowest BCUT2D eigenvalue weighted by Gasteiger charge is -2.10. The van der Waals surface area contributed by atoms with Crippen molar-refractivity contribution in [2.45, 2.75) is 33.2 Å². The Bertz CT molecular complexity index is 1410. The lowest BCUT2D eigenvalue weighted by Crippen LogP contribution is -2.13. The molecule has 3 heterocycles. The predicted octanol–water partition coefficient (Wildman–Crippen LogP) is 4.30. The van der Waals surface area contributed by atoms with Crippen LogP contribution in [0.5, 0.6) is 11.6 Å². The van der Waals surface area contributed by atoms with Gasteiger partial charge >= 0.3 is 0 Å². The van der Waals surface area contributed by atoms with Crippen molar-refractivity contribution in [2.24, 2.45) is 5.92 Å². The molecule has 3 aromatic heterocycles. The van der Waals surface area contributed by atoms with Gasteiger partial charge in [-0.15, -0.1) is 5.10 Å². The Hall–Kier alpha value is -3.92. The second-order valence-electron chi connectivity index (χ2n) is 8.05. The first-order chi connectivity index (χ1) is 16.4. The van der Waals surface area contributed by atoms with Crippen LogP contribution in [0.25, 0.3) is 5.65 Å². The van der Waals surface area contributed by atoms with Crippen LogP contribution in [0.2, 0.25) is 5.02 Å². The van der Waals surface area contributed by atoms with E-state index in [-0.39, 0.29) is 17.7 Å². The summed E-state index contributed by atoms with van der Waals surface area (Å²) in [7, 11) is 0. The van der Waals surface area contributed by atoms with Crippen molar-refractivity contribution in [3.05, 3.63) is 59.0 Å². The number of rotatable bonds is 7.